The molecular formula is C22H42IN5O. The zero-order valence-corrected chi connectivity index (χ0v) is 21.0. The van der Waals surface area contributed by atoms with Gasteiger partial charge in [-0.15, -0.1) is 24.0 Å². The highest BCUT2D eigenvalue weighted by Gasteiger charge is 2.32. The Balaban J connectivity index is 0.00000300. The molecule has 168 valence electrons. The van der Waals surface area contributed by atoms with Crippen LogP contribution in [-0.2, 0) is 4.79 Å². The SMILES string of the molecule is CN=C(NCC(C)N1CCCCC1C)NC1CCN(C(=O)C2CCCCC2)C1.I. The van der Waals surface area contributed by atoms with Gasteiger partial charge in [-0.05, 0) is 52.5 Å². The summed E-state index contributed by atoms with van der Waals surface area (Å²) in [7, 11) is 1.84. The lowest BCUT2D eigenvalue weighted by Gasteiger charge is -2.38. The molecule has 2 saturated heterocycles. The molecule has 0 spiro atoms. The van der Waals surface area contributed by atoms with Gasteiger partial charge in [0.2, 0.25) is 5.91 Å². The molecule has 0 aromatic carbocycles. The first-order chi connectivity index (χ1) is 13.6. The summed E-state index contributed by atoms with van der Waals surface area (Å²) in [6, 6.07) is 1.49. The van der Waals surface area contributed by atoms with Gasteiger partial charge in [-0.1, -0.05) is 25.7 Å². The van der Waals surface area contributed by atoms with Crippen LogP contribution in [0.2, 0.25) is 0 Å². The second-order valence-electron chi connectivity index (χ2n) is 9.13. The minimum absolute atomic E-state index is 0. The number of guanidine groups is 1. The smallest absolute Gasteiger partial charge is 0.225 e. The summed E-state index contributed by atoms with van der Waals surface area (Å²) in [6.07, 6.45) is 10.9. The number of carbonyl (C=O) groups is 1. The number of nitrogens with zero attached hydrogens (tertiary/aromatic N) is 3. The lowest BCUT2D eigenvalue weighted by Crippen LogP contribution is -2.51. The minimum Gasteiger partial charge on any atom is -0.355 e. The van der Waals surface area contributed by atoms with Crippen LogP contribution >= 0.6 is 24.0 Å². The number of hydrogen-bond donors (Lipinski definition) is 2. The van der Waals surface area contributed by atoms with Gasteiger partial charge in [0, 0.05) is 50.7 Å². The van der Waals surface area contributed by atoms with Crippen LogP contribution in [0.25, 0.3) is 0 Å². The molecule has 1 aliphatic carbocycles. The van der Waals surface area contributed by atoms with Gasteiger partial charge in [-0.25, -0.2) is 0 Å². The summed E-state index contributed by atoms with van der Waals surface area (Å²) >= 11 is 0. The molecule has 0 radical (unpaired) electrons. The van der Waals surface area contributed by atoms with E-state index in [1.807, 2.05) is 7.05 Å². The molecule has 1 amide bonds. The van der Waals surface area contributed by atoms with Gasteiger partial charge < -0.3 is 15.5 Å². The van der Waals surface area contributed by atoms with Gasteiger partial charge in [-0.2, -0.15) is 0 Å². The van der Waals surface area contributed by atoms with Crippen LogP contribution in [0.4, 0.5) is 0 Å². The molecule has 3 fully saturated rings. The minimum atomic E-state index is 0. The maximum absolute atomic E-state index is 12.8. The van der Waals surface area contributed by atoms with Gasteiger partial charge in [0.05, 0.1) is 0 Å². The molecule has 6 nitrogen and oxygen atoms in total. The number of hydrogen-bond acceptors (Lipinski definition) is 3. The van der Waals surface area contributed by atoms with E-state index in [4.69, 9.17) is 0 Å². The van der Waals surface area contributed by atoms with E-state index in [1.54, 1.807) is 0 Å². The van der Waals surface area contributed by atoms with Crippen molar-refractivity contribution >= 4 is 35.8 Å². The molecule has 7 heteroatoms. The highest BCUT2D eigenvalue weighted by atomic mass is 127. The van der Waals surface area contributed by atoms with E-state index in [-0.39, 0.29) is 29.9 Å². The third-order valence-corrected chi connectivity index (χ3v) is 7.00. The number of halogens is 1. The Bertz CT molecular complexity index is 537. The average Bonchev–Trinajstić information content (AvgIpc) is 3.19. The second kappa shape index (κ2) is 12.3. The fourth-order valence-electron chi connectivity index (χ4n) is 5.21. The first kappa shape index (κ1) is 24.7. The van der Waals surface area contributed by atoms with Gasteiger partial charge in [0.15, 0.2) is 5.96 Å². The molecule has 0 aromatic rings. The largest absolute Gasteiger partial charge is 0.355 e. The van der Waals surface area contributed by atoms with Crippen LogP contribution in [-0.4, -0.2) is 73.0 Å². The van der Waals surface area contributed by atoms with Gasteiger partial charge in [0.1, 0.15) is 0 Å². The van der Waals surface area contributed by atoms with Crippen molar-refractivity contribution in [1.29, 1.82) is 0 Å². The molecule has 2 heterocycles. The Morgan fingerprint density at radius 2 is 1.79 bits per heavy atom. The van der Waals surface area contributed by atoms with Crippen molar-refractivity contribution in [3.63, 3.8) is 0 Å². The van der Waals surface area contributed by atoms with E-state index in [9.17, 15) is 4.79 Å². The van der Waals surface area contributed by atoms with Crippen molar-refractivity contribution in [3.05, 3.63) is 0 Å². The van der Waals surface area contributed by atoms with Gasteiger partial charge in [-0.3, -0.25) is 14.7 Å². The van der Waals surface area contributed by atoms with Gasteiger partial charge >= 0.3 is 0 Å². The number of amides is 1. The Kier molecular flexibility index (Phi) is 10.5. The van der Waals surface area contributed by atoms with Crippen molar-refractivity contribution in [2.75, 3.05) is 33.2 Å². The molecule has 29 heavy (non-hydrogen) atoms. The molecule has 2 N–H and O–H groups in total. The summed E-state index contributed by atoms with van der Waals surface area (Å²) in [5, 5.41) is 7.06. The van der Waals surface area contributed by atoms with E-state index in [0.29, 0.717) is 24.0 Å². The molecule has 3 atom stereocenters. The van der Waals surface area contributed by atoms with Crippen LogP contribution < -0.4 is 10.6 Å². The van der Waals surface area contributed by atoms with E-state index in [1.165, 1.54) is 45.1 Å². The lowest BCUT2D eigenvalue weighted by atomic mass is 9.88. The highest BCUT2D eigenvalue weighted by Crippen LogP contribution is 2.26. The Labute approximate surface area is 194 Å². The average molecular weight is 520 g/mol. The summed E-state index contributed by atoms with van der Waals surface area (Å²) in [5.41, 5.74) is 0. The Morgan fingerprint density at radius 3 is 2.48 bits per heavy atom. The normalized spacial score (nSPS) is 28.0. The van der Waals surface area contributed by atoms with Crippen molar-refractivity contribution in [1.82, 2.24) is 20.4 Å². The zero-order chi connectivity index (χ0) is 19.9. The van der Waals surface area contributed by atoms with Crippen molar-refractivity contribution in [2.24, 2.45) is 10.9 Å². The predicted octanol–water partition coefficient (Wildman–Crippen LogP) is 3.21. The van der Waals surface area contributed by atoms with Crippen LogP contribution in [0.1, 0.15) is 71.6 Å². The number of carbonyl (C=O) groups excluding carboxylic acids is 1. The van der Waals surface area contributed by atoms with Crippen LogP contribution in [0.15, 0.2) is 4.99 Å². The maximum Gasteiger partial charge on any atom is 0.225 e. The zero-order valence-electron chi connectivity index (χ0n) is 18.7. The van der Waals surface area contributed by atoms with Crippen molar-refractivity contribution < 1.29 is 4.79 Å². The van der Waals surface area contributed by atoms with E-state index >= 15 is 0 Å². The molecule has 2 aliphatic heterocycles. The number of nitrogens with one attached hydrogen (secondary N) is 2. The van der Waals surface area contributed by atoms with E-state index in [0.717, 1.165) is 44.9 Å². The number of rotatable bonds is 5. The standard InChI is InChI=1S/C22H41N5O.HI/c1-17-9-7-8-13-27(17)18(2)15-24-22(23-3)25-20-12-14-26(16-20)21(28)19-10-5-4-6-11-19;/h17-20H,4-16H2,1-3H3,(H2,23,24,25);1H. The molecular weight excluding hydrogens is 477 g/mol. The third-order valence-electron chi connectivity index (χ3n) is 7.00. The molecule has 0 bridgehead atoms. The quantitative estimate of drug-likeness (QED) is 0.333. The summed E-state index contributed by atoms with van der Waals surface area (Å²) in [5.74, 6) is 1.53. The van der Waals surface area contributed by atoms with E-state index in [2.05, 4.69) is 39.3 Å². The monoisotopic (exact) mass is 519 g/mol. The van der Waals surface area contributed by atoms with Crippen LogP contribution in [0.3, 0.4) is 0 Å². The highest BCUT2D eigenvalue weighted by molar-refractivity contribution is 14.0. The van der Waals surface area contributed by atoms with Crippen molar-refractivity contribution in [3.8, 4) is 0 Å². The van der Waals surface area contributed by atoms with Crippen molar-refractivity contribution in [2.45, 2.75) is 89.8 Å². The Hall–Kier alpha value is -0.570. The first-order valence-electron chi connectivity index (χ1n) is 11.6. The summed E-state index contributed by atoms with van der Waals surface area (Å²) in [6.45, 7) is 8.46. The first-order valence-corrected chi connectivity index (χ1v) is 11.6. The molecule has 3 unspecified atom stereocenters. The molecule has 1 saturated carbocycles. The number of likely N-dealkylation sites (tertiary alicyclic amines) is 2. The predicted molar refractivity (Wildman–Crippen MR) is 131 cm³/mol. The number of piperidine rings is 1. The fourth-order valence-corrected chi connectivity index (χ4v) is 5.21. The van der Waals surface area contributed by atoms with Crippen LogP contribution in [0, 0.1) is 5.92 Å². The van der Waals surface area contributed by atoms with E-state index < -0.39 is 0 Å². The molecule has 3 rings (SSSR count). The molecule has 3 aliphatic rings. The second-order valence-corrected chi connectivity index (χ2v) is 9.13. The topological polar surface area (TPSA) is 60.0 Å². The fraction of sp³-hybridized carbons (Fsp3) is 0.909. The van der Waals surface area contributed by atoms with Gasteiger partial charge in [0.25, 0.3) is 0 Å². The summed E-state index contributed by atoms with van der Waals surface area (Å²) < 4.78 is 0. The Morgan fingerprint density at radius 1 is 1.07 bits per heavy atom. The maximum atomic E-state index is 12.8. The number of aliphatic imine (C=N–C) groups is 1. The summed E-state index contributed by atoms with van der Waals surface area (Å²) in [4.78, 5) is 21.9. The molecule has 0 aromatic heterocycles. The third kappa shape index (κ3) is 6.97. The van der Waals surface area contributed by atoms with Crippen LogP contribution in [0.5, 0.6) is 0 Å². The lowest BCUT2D eigenvalue weighted by molar-refractivity contribution is -0.135.